The van der Waals surface area contributed by atoms with E-state index < -0.39 is 168 Å². The number of esters is 9. The molecule has 668 valence electrons. The number of carbonyl (C=O) groups is 12. The van der Waals surface area contributed by atoms with Crippen molar-refractivity contribution in [2.45, 2.75) is 139 Å². The lowest BCUT2D eigenvalue weighted by atomic mass is 10.0. The van der Waals surface area contributed by atoms with Gasteiger partial charge in [-0.05, 0) is 105 Å². The third-order valence-corrected chi connectivity index (χ3v) is 20.9. The zero-order valence-corrected chi connectivity index (χ0v) is 68.4. The maximum atomic E-state index is 12.7. The van der Waals surface area contributed by atoms with Gasteiger partial charge in [0.2, 0.25) is 0 Å². The van der Waals surface area contributed by atoms with Gasteiger partial charge in [0.05, 0.1) is 86.2 Å². The highest BCUT2D eigenvalue weighted by Gasteiger charge is 2.56. The van der Waals surface area contributed by atoms with Gasteiger partial charge < -0.3 is 95.3 Å². The van der Waals surface area contributed by atoms with Crippen molar-refractivity contribution in [1.29, 1.82) is 0 Å². The van der Waals surface area contributed by atoms with Crippen LogP contribution in [0, 0.1) is 20.2 Å². The van der Waals surface area contributed by atoms with E-state index in [9.17, 15) is 82.9 Å². The van der Waals surface area contributed by atoms with Gasteiger partial charge in [-0.2, -0.15) is 0 Å². The number of aromatic hydroxyl groups is 1. The first-order chi connectivity index (χ1) is 61.7. The van der Waals surface area contributed by atoms with Gasteiger partial charge in [0.1, 0.15) is 84.7 Å². The molecule has 8 aliphatic heterocycles. The lowest BCUT2D eigenvalue weighted by Gasteiger charge is -2.18. The summed E-state index contributed by atoms with van der Waals surface area (Å²) in [6.45, 7) is 5.17. The van der Waals surface area contributed by atoms with Crippen molar-refractivity contribution in [2.24, 2.45) is 0 Å². The number of phenolic OH excluding ortho intramolecular Hbond substituents is 1. The number of benzene rings is 7. The standard InChI is InChI=1S/2C23H21NO10.C22H20O8.C21H19NO8/c1-13(25)16-7-2-3-8-17(16)23(27)34-19-12-31-20-18(11-30-21(19)20)33-22(26)15-6-4-5-14(9-15)10-32-24(28)29;1-13(25)15-7-4-5-9-17(15)23(27)34-19-12-31-20-18(11-30-21(19)20)33-22(26)16-8-3-2-6-14(16)10-32-24(28)29;1-12(23)13-6-2-3-7-14(13)21(25)29-17-10-27-20-18(11-28-19(17)20)30-22(26)15-8-4-5-9-16(15)24;1-12(23)28-15-7-3-2-6-14(15)21(25)30-17-11-27-18-16(10-26-19(17)18)29-20(24)13-5-4-8-22-9-13/h2*2-9,18-21H,10-12H2,1H3;2-9,17-20,24H,10-11H2,1H3;2-9,16-19H,10-11H2,1H3/t2*18-,19+,20-,21-;17-,18+,19+,20+;16-,17+,18-,19-/m1101/s1. The van der Waals surface area contributed by atoms with Crippen LogP contribution in [-0.2, 0) is 103 Å². The quantitative estimate of drug-likeness (QED) is 0.0134. The highest BCUT2D eigenvalue weighted by atomic mass is 17.0. The molecule has 39 nitrogen and oxygen atoms in total. The smallest absolute Gasteiger partial charge is 0.342 e. The second-order valence-electron chi connectivity index (χ2n) is 29.4. The molecular weight excluding hydrogens is 1690 g/mol. The topological polar surface area (TPSA) is 500 Å². The predicted molar refractivity (Wildman–Crippen MR) is 427 cm³/mol. The van der Waals surface area contributed by atoms with Gasteiger partial charge in [-0.1, -0.05) is 109 Å². The van der Waals surface area contributed by atoms with E-state index in [1.54, 1.807) is 121 Å². The first kappa shape index (κ1) is 91.5. The number of hydrogen-bond acceptors (Lipinski definition) is 37. The van der Waals surface area contributed by atoms with E-state index in [1.165, 1.54) is 101 Å². The molecule has 0 radical (unpaired) electrons. The average Bonchev–Trinajstić information content (AvgIpc) is 1.65. The number of carbonyl (C=O) groups excluding carboxylic acids is 12. The molecule has 16 rings (SSSR count). The summed E-state index contributed by atoms with van der Waals surface area (Å²) in [6, 6.07) is 47.0. The van der Waals surface area contributed by atoms with Crippen LogP contribution in [0.3, 0.4) is 0 Å². The minimum Gasteiger partial charge on any atom is -0.507 e. The normalized spacial score (nSPS) is 23.9. The largest absolute Gasteiger partial charge is 0.507 e. The molecule has 0 bridgehead atoms. The van der Waals surface area contributed by atoms with Crippen molar-refractivity contribution in [3.05, 3.63) is 287 Å². The first-order valence-corrected chi connectivity index (χ1v) is 39.7. The minimum absolute atomic E-state index is 0.0206. The second-order valence-corrected chi connectivity index (χ2v) is 29.4. The van der Waals surface area contributed by atoms with Crippen LogP contribution < -0.4 is 4.74 Å². The summed E-state index contributed by atoms with van der Waals surface area (Å²) in [6.07, 6.45) is -7.61. The Labute approximate surface area is 725 Å². The summed E-state index contributed by atoms with van der Waals surface area (Å²) in [5.74, 6) is -6.62. The van der Waals surface area contributed by atoms with Gasteiger partial charge >= 0.3 is 53.7 Å². The van der Waals surface area contributed by atoms with Gasteiger partial charge in [-0.25, -0.2) is 38.4 Å². The summed E-state index contributed by atoms with van der Waals surface area (Å²) >= 11 is 0. The van der Waals surface area contributed by atoms with E-state index in [0.717, 1.165) is 0 Å². The van der Waals surface area contributed by atoms with Crippen LogP contribution >= 0.6 is 0 Å². The van der Waals surface area contributed by atoms with Crippen LogP contribution in [0.5, 0.6) is 11.5 Å². The summed E-state index contributed by atoms with van der Waals surface area (Å²) < 4.78 is 94.8. The van der Waals surface area contributed by atoms with Crippen LogP contribution in [-0.4, -0.2) is 242 Å². The maximum absolute atomic E-state index is 12.7. The number of para-hydroxylation sites is 2. The van der Waals surface area contributed by atoms with Crippen molar-refractivity contribution in [1.82, 2.24) is 4.98 Å². The molecule has 8 aliphatic rings. The van der Waals surface area contributed by atoms with E-state index in [1.807, 2.05) is 0 Å². The van der Waals surface area contributed by atoms with E-state index in [4.69, 9.17) is 80.5 Å². The molecule has 0 amide bonds. The van der Waals surface area contributed by atoms with Crippen LogP contribution in [0.4, 0.5) is 0 Å². The van der Waals surface area contributed by atoms with Crippen LogP contribution in [0.1, 0.15) is 153 Å². The Balaban J connectivity index is 0.000000146. The zero-order valence-electron chi connectivity index (χ0n) is 68.4. The number of pyridine rings is 1. The molecule has 16 atom stereocenters. The van der Waals surface area contributed by atoms with E-state index in [2.05, 4.69) is 14.7 Å². The first-order valence-electron chi connectivity index (χ1n) is 39.7. The van der Waals surface area contributed by atoms with Crippen molar-refractivity contribution in [3.8, 4) is 11.5 Å². The number of phenols is 1. The second kappa shape index (κ2) is 42.2. The molecule has 0 unspecified atom stereocenters. The molecule has 8 saturated heterocycles. The molecule has 0 spiro atoms. The van der Waals surface area contributed by atoms with Gasteiger partial charge in [0.15, 0.2) is 66.2 Å². The number of aromatic nitrogens is 1. The molecule has 9 heterocycles. The SMILES string of the molecule is CC(=O)Oc1ccccc1C(=O)O[C@H]1CO[C@H]2[C@@H]1OC[C@H]2OC(=O)c1cccnc1.CC(=O)c1ccccc1C(=O)O[C@H]1CO[C@H]2[C@@H]1OC[C@H]2OC(=O)c1cccc(CO[N+](=O)[O-])c1.CC(=O)c1ccccc1C(=O)O[C@H]1CO[C@H]2[C@@H]1OC[C@H]2OC(=O)c1ccccc1CO[N+](=O)[O-].CC(=O)c1ccccc1C(=O)O[C@H]1CO[C@H]2[C@@H]1OC[C@H]2OC(=O)c1ccccc1O. The fourth-order valence-corrected chi connectivity index (χ4v) is 14.9. The van der Waals surface area contributed by atoms with Gasteiger partial charge in [0, 0.05) is 36.0 Å². The highest BCUT2D eigenvalue weighted by Crippen LogP contribution is 2.38. The number of fused-ring (bicyclic) bond motifs is 4. The number of Topliss-reactive ketones (excluding diaryl/α,β-unsaturated/α-hetero) is 3. The highest BCUT2D eigenvalue weighted by molar-refractivity contribution is 6.07. The lowest BCUT2D eigenvalue weighted by Crippen LogP contribution is -2.36. The summed E-state index contributed by atoms with van der Waals surface area (Å²) in [7, 11) is 0. The van der Waals surface area contributed by atoms with Crippen molar-refractivity contribution in [3.63, 3.8) is 0 Å². The average molecular weight is 1770 g/mol. The summed E-state index contributed by atoms with van der Waals surface area (Å²) in [5.41, 5.74) is 2.78. The van der Waals surface area contributed by atoms with Gasteiger partial charge in [-0.15, -0.1) is 20.2 Å². The van der Waals surface area contributed by atoms with Crippen LogP contribution in [0.25, 0.3) is 0 Å². The molecule has 1 aromatic heterocycles. The van der Waals surface area contributed by atoms with E-state index in [0.29, 0.717) is 16.7 Å². The van der Waals surface area contributed by atoms with E-state index in [-0.39, 0.29) is 144 Å². The van der Waals surface area contributed by atoms with Crippen molar-refractivity contribution < 1.29 is 163 Å². The molecule has 0 saturated carbocycles. The van der Waals surface area contributed by atoms with Crippen LogP contribution in [0.15, 0.2) is 194 Å². The molecule has 1 N–H and O–H groups in total. The Morgan fingerprint density at radius 1 is 0.336 bits per heavy atom. The summed E-state index contributed by atoms with van der Waals surface area (Å²) in [4.78, 5) is 181. The molecule has 0 aliphatic carbocycles. The van der Waals surface area contributed by atoms with E-state index >= 15 is 0 Å². The Kier molecular flexibility index (Phi) is 30.2. The number of ketones is 3. The van der Waals surface area contributed by atoms with Gasteiger partial charge in [0.25, 0.3) is 10.2 Å². The lowest BCUT2D eigenvalue weighted by molar-refractivity contribution is -0.763. The fourth-order valence-electron chi connectivity index (χ4n) is 14.9. The Hall–Kier alpha value is -14.2. The molecular formula is C89H81N3O36. The van der Waals surface area contributed by atoms with Gasteiger partial charge in [-0.3, -0.25) is 24.2 Å². The molecule has 8 fully saturated rings. The third-order valence-electron chi connectivity index (χ3n) is 20.9. The number of hydrogen-bond donors (Lipinski definition) is 1. The predicted octanol–water partition coefficient (Wildman–Crippen LogP) is 7.99. The Morgan fingerprint density at radius 3 is 0.992 bits per heavy atom. The molecule has 7 aromatic carbocycles. The molecule has 128 heavy (non-hydrogen) atoms. The monoisotopic (exact) mass is 1770 g/mol. The minimum atomic E-state index is -0.944. The zero-order chi connectivity index (χ0) is 90.8. The maximum Gasteiger partial charge on any atom is 0.342 e. The van der Waals surface area contributed by atoms with Crippen molar-refractivity contribution in [2.75, 3.05) is 52.9 Å². The molecule has 39 heteroatoms. The third kappa shape index (κ3) is 22.4. The number of rotatable bonds is 26. The Bertz CT molecular complexity index is 5490. The number of ether oxygens (including phenoxy) is 17. The fraction of sp³-hybridized carbons (Fsp3) is 0.337. The molecule has 8 aromatic rings. The van der Waals surface area contributed by atoms with Crippen molar-refractivity contribution >= 4 is 71.1 Å². The van der Waals surface area contributed by atoms with Crippen LogP contribution in [0.2, 0.25) is 0 Å². The Morgan fingerprint density at radius 2 is 0.633 bits per heavy atom. The number of nitrogens with zero attached hydrogens (tertiary/aromatic N) is 3. The summed E-state index contributed by atoms with van der Waals surface area (Å²) in [5, 5.41) is 28.8.